The minimum Gasteiger partial charge on any atom is -0.508 e. The normalized spacial score (nSPS) is 27.5. The predicted molar refractivity (Wildman–Crippen MR) is 140 cm³/mol. The van der Waals surface area contributed by atoms with Gasteiger partial charge in [-0.05, 0) is 48.2 Å². The SMILES string of the molecule is O=C1CC(c2ccc(-c3ccc(OSCC4CC(O)[C@H](O)C(CO)O4)cc3)cc2O)N1C1=CCCC=C1. The third-order valence-electron chi connectivity index (χ3n) is 7.01. The van der Waals surface area contributed by atoms with Crippen molar-refractivity contribution in [2.45, 2.75) is 56.1 Å². The number of hydrogen-bond acceptors (Lipinski definition) is 8. The summed E-state index contributed by atoms with van der Waals surface area (Å²) >= 11 is 1.18. The molecule has 0 bridgehead atoms. The molecule has 2 saturated heterocycles. The third-order valence-corrected chi connectivity index (χ3v) is 7.83. The van der Waals surface area contributed by atoms with Crippen LogP contribution >= 0.6 is 12.0 Å². The molecule has 5 atom stereocenters. The van der Waals surface area contributed by atoms with E-state index in [-0.39, 0.29) is 36.8 Å². The van der Waals surface area contributed by atoms with E-state index in [1.165, 1.54) is 12.0 Å². The Kier molecular flexibility index (Phi) is 7.87. The van der Waals surface area contributed by atoms with Crippen molar-refractivity contribution in [1.29, 1.82) is 0 Å². The van der Waals surface area contributed by atoms with E-state index in [1.54, 1.807) is 11.0 Å². The number of carbonyl (C=O) groups excluding carboxylic acids is 1. The average molecular weight is 526 g/mol. The van der Waals surface area contributed by atoms with Gasteiger partial charge in [-0.2, -0.15) is 0 Å². The Labute approximate surface area is 220 Å². The number of aliphatic hydroxyl groups is 3. The van der Waals surface area contributed by atoms with Crippen LogP contribution in [0.15, 0.2) is 66.4 Å². The molecule has 4 N–H and O–H groups in total. The van der Waals surface area contributed by atoms with Crippen molar-refractivity contribution >= 4 is 17.9 Å². The summed E-state index contributed by atoms with van der Waals surface area (Å²) in [5.41, 5.74) is 3.41. The number of phenols is 1. The quantitative estimate of drug-likeness (QED) is 0.306. The molecule has 0 radical (unpaired) electrons. The monoisotopic (exact) mass is 525 g/mol. The molecule has 9 heteroatoms. The second-order valence-corrected chi connectivity index (χ2v) is 10.3. The maximum atomic E-state index is 12.3. The lowest BCUT2D eigenvalue weighted by molar-refractivity contribution is -0.173. The highest BCUT2D eigenvalue weighted by Gasteiger charge is 2.40. The van der Waals surface area contributed by atoms with Gasteiger partial charge in [0.05, 0.1) is 49.1 Å². The van der Waals surface area contributed by atoms with Crippen LogP contribution in [0.2, 0.25) is 0 Å². The van der Waals surface area contributed by atoms with Crippen LogP contribution < -0.4 is 4.18 Å². The highest BCUT2D eigenvalue weighted by Crippen LogP contribution is 2.43. The van der Waals surface area contributed by atoms with E-state index in [2.05, 4.69) is 12.2 Å². The molecule has 0 aromatic heterocycles. The molecule has 37 heavy (non-hydrogen) atoms. The van der Waals surface area contributed by atoms with E-state index in [4.69, 9.17) is 8.92 Å². The van der Waals surface area contributed by atoms with Gasteiger partial charge in [-0.3, -0.25) is 4.79 Å². The number of rotatable bonds is 8. The predicted octanol–water partition coefficient (Wildman–Crippen LogP) is 3.47. The Balaban J connectivity index is 1.18. The van der Waals surface area contributed by atoms with Crippen molar-refractivity contribution < 1.29 is 34.1 Å². The maximum absolute atomic E-state index is 12.3. The highest BCUT2D eigenvalue weighted by atomic mass is 32.2. The number of hydrogen-bond donors (Lipinski definition) is 4. The van der Waals surface area contributed by atoms with Crippen LogP contribution in [-0.2, 0) is 9.53 Å². The van der Waals surface area contributed by atoms with Crippen molar-refractivity contribution in [2.24, 2.45) is 0 Å². The van der Waals surface area contributed by atoms with E-state index in [9.17, 15) is 25.2 Å². The lowest BCUT2D eigenvalue weighted by atomic mass is 9.90. The molecule has 1 aliphatic carbocycles. The molecule has 3 aliphatic rings. The number of allylic oxidation sites excluding steroid dienone is 3. The Hall–Kier alpha value is -2.82. The number of aliphatic hydroxyl groups excluding tert-OH is 3. The van der Waals surface area contributed by atoms with E-state index in [1.807, 2.05) is 42.5 Å². The molecule has 2 aromatic rings. The first-order valence-corrected chi connectivity index (χ1v) is 13.4. The minimum atomic E-state index is -1.09. The van der Waals surface area contributed by atoms with Crippen molar-refractivity contribution in [2.75, 3.05) is 12.4 Å². The highest BCUT2D eigenvalue weighted by molar-refractivity contribution is 7.95. The Morgan fingerprint density at radius 1 is 1.08 bits per heavy atom. The summed E-state index contributed by atoms with van der Waals surface area (Å²) in [5, 5.41) is 39.9. The van der Waals surface area contributed by atoms with Gasteiger partial charge in [-0.15, -0.1) is 0 Å². The van der Waals surface area contributed by atoms with Crippen molar-refractivity contribution in [3.05, 3.63) is 72.0 Å². The lowest BCUT2D eigenvalue weighted by Gasteiger charge is -2.42. The second-order valence-electron chi connectivity index (χ2n) is 9.53. The maximum Gasteiger partial charge on any atom is 0.230 e. The van der Waals surface area contributed by atoms with Gasteiger partial charge < -0.3 is 34.2 Å². The number of amides is 1. The van der Waals surface area contributed by atoms with Gasteiger partial charge in [0.1, 0.15) is 23.7 Å². The molecular weight excluding hydrogens is 494 g/mol. The summed E-state index contributed by atoms with van der Waals surface area (Å²) in [6, 6.07) is 12.9. The summed E-state index contributed by atoms with van der Waals surface area (Å²) < 4.78 is 11.4. The van der Waals surface area contributed by atoms with Crippen LogP contribution in [0.3, 0.4) is 0 Å². The summed E-state index contributed by atoms with van der Waals surface area (Å²) in [6.45, 7) is -0.356. The molecule has 2 heterocycles. The summed E-state index contributed by atoms with van der Waals surface area (Å²) in [7, 11) is 0. The molecule has 2 aliphatic heterocycles. The Morgan fingerprint density at radius 3 is 2.54 bits per heavy atom. The van der Waals surface area contributed by atoms with Gasteiger partial charge >= 0.3 is 0 Å². The van der Waals surface area contributed by atoms with Crippen LogP contribution in [0, 0.1) is 0 Å². The first-order chi connectivity index (χ1) is 17.9. The first kappa shape index (κ1) is 25.8. The van der Waals surface area contributed by atoms with Gasteiger partial charge in [0.15, 0.2) is 0 Å². The molecule has 2 fully saturated rings. The fourth-order valence-electron chi connectivity index (χ4n) is 4.95. The number of β-lactam (4-membered cyclic amide) rings is 1. The van der Waals surface area contributed by atoms with Gasteiger partial charge in [-0.25, -0.2) is 0 Å². The number of aromatic hydroxyl groups is 1. The molecule has 2 aromatic carbocycles. The summed E-state index contributed by atoms with van der Waals surface area (Å²) in [5.74, 6) is 1.31. The number of phenolic OH excluding ortho intramolecular Hbond substituents is 1. The number of likely N-dealkylation sites (tertiary alicyclic amines) is 1. The lowest BCUT2D eigenvalue weighted by Crippen LogP contribution is -2.50. The molecule has 1 amide bonds. The van der Waals surface area contributed by atoms with Crippen LogP contribution in [0.1, 0.15) is 37.3 Å². The molecular formula is C28H31NO7S. The molecule has 8 nitrogen and oxygen atoms in total. The number of ether oxygens (including phenoxy) is 1. The zero-order valence-corrected chi connectivity index (χ0v) is 21.1. The van der Waals surface area contributed by atoms with Crippen molar-refractivity contribution in [1.82, 2.24) is 4.90 Å². The molecule has 0 spiro atoms. The van der Waals surface area contributed by atoms with Crippen molar-refractivity contribution in [3.63, 3.8) is 0 Å². The molecule has 5 rings (SSSR count). The molecule has 4 unspecified atom stereocenters. The fraction of sp³-hybridized carbons (Fsp3) is 0.393. The van der Waals surface area contributed by atoms with Gasteiger partial charge in [0.25, 0.3) is 0 Å². The largest absolute Gasteiger partial charge is 0.508 e. The minimum absolute atomic E-state index is 0.0665. The average Bonchev–Trinajstić information content (AvgIpc) is 2.90. The zero-order chi connectivity index (χ0) is 25.9. The van der Waals surface area contributed by atoms with Gasteiger partial charge in [0.2, 0.25) is 5.91 Å². The van der Waals surface area contributed by atoms with Crippen LogP contribution in [0.5, 0.6) is 11.5 Å². The van der Waals surface area contributed by atoms with Gasteiger partial charge in [0, 0.05) is 17.7 Å². The number of benzene rings is 2. The Morgan fingerprint density at radius 2 is 1.86 bits per heavy atom. The number of nitrogens with zero attached hydrogens (tertiary/aromatic N) is 1. The van der Waals surface area contributed by atoms with E-state index >= 15 is 0 Å². The second kappa shape index (κ2) is 11.3. The van der Waals surface area contributed by atoms with E-state index in [0.29, 0.717) is 17.9 Å². The number of carbonyl (C=O) groups is 1. The smallest absolute Gasteiger partial charge is 0.230 e. The van der Waals surface area contributed by atoms with Crippen LogP contribution in [-0.4, -0.2) is 68.0 Å². The molecule has 0 saturated carbocycles. The molecule has 196 valence electrons. The van der Waals surface area contributed by atoms with Crippen LogP contribution in [0.4, 0.5) is 0 Å². The third kappa shape index (κ3) is 5.56. The van der Waals surface area contributed by atoms with Crippen LogP contribution in [0.25, 0.3) is 11.1 Å². The zero-order valence-electron chi connectivity index (χ0n) is 20.3. The van der Waals surface area contributed by atoms with E-state index in [0.717, 1.165) is 35.2 Å². The topological polar surface area (TPSA) is 120 Å². The first-order valence-electron chi connectivity index (χ1n) is 12.5. The van der Waals surface area contributed by atoms with Gasteiger partial charge in [-0.1, -0.05) is 36.4 Å². The van der Waals surface area contributed by atoms with Crippen molar-refractivity contribution in [3.8, 4) is 22.6 Å². The standard InChI is InChI=1S/C28H31NO7S/c30-15-26-28(34)25(32)13-21(35-26)16-37-36-20-9-6-17(7-10-20)18-8-11-22(24(31)12-18)23-14-27(33)29(23)19-4-2-1-3-5-19/h2,4-12,21,23,25-26,28,30-32,34H,1,3,13-16H2/t21?,23?,25?,26?,28-/m0/s1. The summed E-state index contributed by atoms with van der Waals surface area (Å²) in [6.07, 6.45) is 5.49. The summed E-state index contributed by atoms with van der Waals surface area (Å²) in [4.78, 5) is 14.0. The van der Waals surface area contributed by atoms with E-state index < -0.39 is 18.3 Å². The Bertz CT molecular complexity index is 1180. The fourth-order valence-corrected chi connectivity index (χ4v) is 5.63.